The van der Waals surface area contributed by atoms with Crippen LogP contribution in [0, 0.1) is 24.1 Å². The Kier molecular flexibility index (Phi) is 3.85. The summed E-state index contributed by atoms with van der Waals surface area (Å²) in [7, 11) is -3.77. The van der Waals surface area contributed by atoms with Crippen molar-refractivity contribution in [3.63, 3.8) is 0 Å². The SMILES string of the molecule is Cc1cc(F)ccc1S(=O)(=O)N1CCNCC1C#N. The molecule has 1 unspecified atom stereocenters. The number of rotatable bonds is 2. The predicted molar refractivity (Wildman–Crippen MR) is 67.3 cm³/mol. The van der Waals surface area contributed by atoms with E-state index >= 15 is 0 Å². The van der Waals surface area contributed by atoms with Crippen molar-refractivity contribution < 1.29 is 12.8 Å². The zero-order valence-corrected chi connectivity index (χ0v) is 11.2. The molecule has 0 bridgehead atoms. The van der Waals surface area contributed by atoms with Crippen LogP contribution in [0.5, 0.6) is 0 Å². The number of aryl methyl sites for hydroxylation is 1. The highest BCUT2D eigenvalue weighted by Gasteiger charge is 2.34. The number of halogens is 1. The number of nitrogens with zero attached hydrogens (tertiary/aromatic N) is 2. The summed E-state index contributed by atoms with van der Waals surface area (Å²) in [6.45, 7) is 2.57. The summed E-state index contributed by atoms with van der Waals surface area (Å²) in [5.41, 5.74) is 0.343. The Morgan fingerprint density at radius 2 is 2.26 bits per heavy atom. The van der Waals surface area contributed by atoms with Gasteiger partial charge in [-0.1, -0.05) is 0 Å². The van der Waals surface area contributed by atoms with Gasteiger partial charge in [-0.2, -0.15) is 9.57 Å². The lowest BCUT2D eigenvalue weighted by Gasteiger charge is -2.31. The Hall–Kier alpha value is -1.49. The van der Waals surface area contributed by atoms with Crippen LogP contribution in [0.15, 0.2) is 23.1 Å². The molecule has 1 saturated heterocycles. The molecule has 19 heavy (non-hydrogen) atoms. The molecule has 2 rings (SSSR count). The zero-order valence-electron chi connectivity index (χ0n) is 10.4. The number of piperazine rings is 1. The van der Waals surface area contributed by atoms with Gasteiger partial charge in [0.1, 0.15) is 11.9 Å². The van der Waals surface area contributed by atoms with Gasteiger partial charge in [0.2, 0.25) is 10.0 Å². The largest absolute Gasteiger partial charge is 0.313 e. The number of hydrogen-bond donors (Lipinski definition) is 1. The summed E-state index contributed by atoms with van der Waals surface area (Å²) in [4.78, 5) is 0.0519. The highest BCUT2D eigenvalue weighted by Crippen LogP contribution is 2.23. The molecule has 1 aromatic carbocycles. The van der Waals surface area contributed by atoms with Crippen molar-refractivity contribution in [2.45, 2.75) is 17.9 Å². The third-order valence-electron chi connectivity index (χ3n) is 3.07. The number of sulfonamides is 1. The minimum Gasteiger partial charge on any atom is -0.313 e. The van der Waals surface area contributed by atoms with Crippen LogP contribution in [-0.4, -0.2) is 38.4 Å². The van der Waals surface area contributed by atoms with Crippen molar-refractivity contribution in [2.75, 3.05) is 19.6 Å². The van der Waals surface area contributed by atoms with Crippen LogP contribution in [0.25, 0.3) is 0 Å². The maximum Gasteiger partial charge on any atom is 0.244 e. The van der Waals surface area contributed by atoms with Crippen LogP contribution in [0.1, 0.15) is 5.56 Å². The molecule has 1 aliphatic heterocycles. The normalized spacial score (nSPS) is 21.0. The lowest BCUT2D eigenvalue weighted by atomic mass is 10.2. The van der Waals surface area contributed by atoms with Crippen LogP contribution in [0.2, 0.25) is 0 Å². The molecule has 102 valence electrons. The molecule has 1 atom stereocenters. The number of hydrogen-bond acceptors (Lipinski definition) is 4. The summed E-state index contributed by atoms with van der Waals surface area (Å²) in [6.07, 6.45) is 0. The first-order valence-corrected chi connectivity index (χ1v) is 7.29. The second kappa shape index (κ2) is 5.25. The number of benzene rings is 1. The van der Waals surface area contributed by atoms with E-state index < -0.39 is 21.9 Å². The van der Waals surface area contributed by atoms with Gasteiger partial charge < -0.3 is 5.32 Å². The smallest absolute Gasteiger partial charge is 0.244 e. The molecule has 0 spiro atoms. The van der Waals surface area contributed by atoms with E-state index in [1.54, 1.807) is 6.92 Å². The minimum absolute atomic E-state index is 0.0519. The van der Waals surface area contributed by atoms with Crippen LogP contribution in [0.4, 0.5) is 4.39 Å². The van der Waals surface area contributed by atoms with Gasteiger partial charge in [0, 0.05) is 19.6 Å². The molecule has 0 radical (unpaired) electrons. The molecule has 0 aromatic heterocycles. The monoisotopic (exact) mass is 283 g/mol. The molecule has 0 amide bonds. The standard InChI is InChI=1S/C12H14FN3O2S/c1-9-6-10(13)2-3-12(9)19(17,18)16-5-4-15-8-11(16)7-14/h2-3,6,11,15H,4-5,8H2,1H3. The van der Waals surface area contributed by atoms with Crippen LogP contribution >= 0.6 is 0 Å². The van der Waals surface area contributed by atoms with Crippen LogP contribution in [0.3, 0.4) is 0 Å². The fourth-order valence-electron chi connectivity index (χ4n) is 2.11. The summed E-state index contributed by atoms with van der Waals surface area (Å²) in [6, 6.07) is 4.78. The maximum absolute atomic E-state index is 13.0. The van der Waals surface area contributed by atoms with E-state index in [1.807, 2.05) is 6.07 Å². The fraction of sp³-hybridized carbons (Fsp3) is 0.417. The van der Waals surface area contributed by atoms with E-state index in [2.05, 4.69) is 5.32 Å². The molecular weight excluding hydrogens is 269 g/mol. The van der Waals surface area contributed by atoms with Gasteiger partial charge in [-0.25, -0.2) is 12.8 Å². The van der Waals surface area contributed by atoms with Crippen LogP contribution < -0.4 is 5.32 Å². The second-order valence-corrected chi connectivity index (χ2v) is 6.23. The summed E-state index contributed by atoms with van der Waals surface area (Å²) < 4.78 is 39.2. The number of nitrogens with one attached hydrogen (secondary N) is 1. The van der Waals surface area contributed by atoms with Gasteiger partial charge in [0.15, 0.2) is 0 Å². The lowest BCUT2D eigenvalue weighted by molar-refractivity contribution is 0.311. The van der Waals surface area contributed by atoms with Crippen molar-refractivity contribution in [3.8, 4) is 6.07 Å². The molecule has 1 fully saturated rings. The van der Waals surface area contributed by atoms with Crippen LogP contribution in [-0.2, 0) is 10.0 Å². The summed E-state index contributed by atoms with van der Waals surface area (Å²) in [5.74, 6) is -0.478. The zero-order chi connectivity index (χ0) is 14.0. The third kappa shape index (κ3) is 2.61. The number of nitriles is 1. The van der Waals surface area contributed by atoms with E-state index in [-0.39, 0.29) is 11.4 Å². The molecule has 7 heteroatoms. The second-order valence-electron chi connectivity index (χ2n) is 4.37. The maximum atomic E-state index is 13.0. The van der Waals surface area contributed by atoms with E-state index in [4.69, 9.17) is 5.26 Å². The molecule has 5 nitrogen and oxygen atoms in total. The van der Waals surface area contributed by atoms with Gasteiger partial charge in [-0.05, 0) is 30.7 Å². The molecular formula is C12H14FN3O2S. The molecule has 0 saturated carbocycles. The molecule has 1 N–H and O–H groups in total. The van der Waals surface area contributed by atoms with Gasteiger partial charge in [-0.15, -0.1) is 0 Å². The Balaban J connectivity index is 2.44. The summed E-state index contributed by atoms with van der Waals surface area (Å²) in [5, 5.41) is 12.0. The molecule has 0 aliphatic carbocycles. The summed E-state index contributed by atoms with van der Waals surface area (Å²) >= 11 is 0. The van der Waals surface area contributed by atoms with Gasteiger partial charge in [0.25, 0.3) is 0 Å². The highest BCUT2D eigenvalue weighted by atomic mass is 32.2. The topological polar surface area (TPSA) is 73.2 Å². The highest BCUT2D eigenvalue weighted by molar-refractivity contribution is 7.89. The molecule has 1 heterocycles. The van der Waals surface area contributed by atoms with Crippen molar-refractivity contribution >= 4 is 10.0 Å². The van der Waals surface area contributed by atoms with Crippen molar-refractivity contribution in [1.29, 1.82) is 5.26 Å². The van der Waals surface area contributed by atoms with Gasteiger partial charge in [0.05, 0.1) is 11.0 Å². The average molecular weight is 283 g/mol. The Labute approximate surface area is 111 Å². The Morgan fingerprint density at radius 3 is 2.89 bits per heavy atom. The van der Waals surface area contributed by atoms with Crippen molar-refractivity contribution in [2.24, 2.45) is 0 Å². The first-order valence-electron chi connectivity index (χ1n) is 5.85. The van der Waals surface area contributed by atoms with Gasteiger partial charge in [-0.3, -0.25) is 0 Å². The van der Waals surface area contributed by atoms with E-state index in [9.17, 15) is 12.8 Å². The van der Waals surface area contributed by atoms with E-state index in [1.165, 1.54) is 16.4 Å². The Morgan fingerprint density at radius 1 is 1.53 bits per heavy atom. The fourth-order valence-corrected chi connectivity index (χ4v) is 3.86. The van der Waals surface area contributed by atoms with Gasteiger partial charge >= 0.3 is 0 Å². The lowest BCUT2D eigenvalue weighted by Crippen LogP contribution is -2.52. The minimum atomic E-state index is -3.77. The average Bonchev–Trinajstić information content (AvgIpc) is 2.38. The Bertz CT molecular complexity index is 624. The first-order chi connectivity index (χ1) is 8.96. The molecule has 1 aromatic rings. The predicted octanol–water partition coefficient (Wildman–Crippen LogP) is 0.620. The van der Waals surface area contributed by atoms with Crippen molar-refractivity contribution in [1.82, 2.24) is 9.62 Å². The van der Waals surface area contributed by atoms with E-state index in [0.29, 0.717) is 18.7 Å². The third-order valence-corrected chi connectivity index (χ3v) is 5.14. The quantitative estimate of drug-likeness (QED) is 0.863. The molecule has 1 aliphatic rings. The van der Waals surface area contributed by atoms with E-state index in [0.717, 1.165) is 6.07 Å². The first kappa shape index (κ1) is 13.9. The van der Waals surface area contributed by atoms with Crippen molar-refractivity contribution in [3.05, 3.63) is 29.6 Å².